The van der Waals surface area contributed by atoms with Gasteiger partial charge >= 0.3 is 0 Å². The number of aliphatic hydroxyl groups excluding tert-OH is 1. The number of rotatable bonds is 5. The average Bonchev–Trinajstić information content (AvgIpc) is 2.47. The van der Waals surface area contributed by atoms with Gasteiger partial charge in [-0.25, -0.2) is 0 Å². The zero-order valence-corrected chi connectivity index (χ0v) is 11.0. The highest BCUT2D eigenvalue weighted by Gasteiger charge is 2.04. The molecule has 100 valence electrons. The molecule has 0 aliphatic carbocycles. The van der Waals surface area contributed by atoms with Gasteiger partial charge in [0.15, 0.2) is 0 Å². The quantitative estimate of drug-likeness (QED) is 0.863. The number of hydrogen-bond acceptors (Lipinski definition) is 3. The van der Waals surface area contributed by atoms with Crippen LogP contribution in [0.2, 0.25) is 0 Å². The molecule has 3 heteroatoms. The average molecular weight is 257 g/mol. The van der Waals surface area contributed by atoms with Crippen molar-refractivity contribution in [3.63, 3.8) is 0 Å². The van der Waals surface area contributed by atoms with Gasteiger partial charge in [0.05, 0.1) is 6.61 Å². The summed E-state index contributed by atoms with van der Waals surface area (Å²) in [6, 6.07) is 15.3. The van der Waals surface area contributed by atoms with Crippen LogP contribution in [0, 0.1) is 0 Å². The molecule has 0 spiro atoms. The molecule has 3 N–H and O–H groups in total. The molecule has 0 heterocycles. The van der Waals surface area contributed by atoms with Crippen molar-refractivity contribution in [3.8, 4) is 11.5 Å². The van der Waals surface area contributed by atoms with Crippen LogP contribution in [0.1, 0.15) is 30.5 Å². The normalized spacial score (nSPS) is 12.2. The maximum Gasteiger partial charge on any atom is 0.127 e. The summed E-state index contributed by atoms with van der Waals surface area (Å²) in [6.07, 6.45) is 0.915. The van der Waals surface area contributed by atoms with Gasteiger partial charge in [-0.15, -0.1) is 0 Å². The standard InChI is InChI=1S/C16H19NO2/c1-2-16(17)13-6-8-14(9-7-13)19-15-5-3-4-12(10-15)11-18/h3-10,16,18H,2,11,17H2,1H3/t16-/m0/s1. The summed E-state index contributed by atoms with van der Waals surface area (Å²) in [7, 11) is 0. The van der Waals surface area contributed by atoms with Crippen molar-refractivity contribution in [2.75, 3.05) is 0 Å². The number of ether oxygens (including phenoxy) is 1. The Kier molecular flexibility index (Phi) is 4.55. The van der Waals surface area contributed by atoms with Gasteiger partial charge in [0, 0.05) is 6.04 Å². The Morgan fingerprint density at radius 1 is 1.11 bits per heavy atom. The minimum atomic E-state index is 0.0154. The van der Waals surface area contributed by atoms with Crippen molar-refractivity contribution in [1.29, 1.82) is 0 Å². The van der Waals surface area contributed by atoms with Gasteiger partial charge in [0.25, 0.3) is 0 Å². The predicted molar refractivity (Wildman–Crippen MR) is 76.1 cm³/mol. The van der Waals surface area contributed by atoms with Crippen LogP contribution in [-0.2, 0) is 6.61 Å². The summed E-state index contributed by atoms with van der Waals surface area (Å²) in [5, 5.41) is 9.08. The lowest BCUT2D eigenvalue weighted by Crippen LogP contribution is -2.07. The second-order valence-electron chi connectivity index (χ2n) is 4.49. The summed E-state index contributed by atoms with van der Waals surface area (Å²) < 4.78 is 5.74. The van der Waals surface area contributed by atoms with Crippen LogP contribution in [0.5, 0.6) is 11.5 Å². The highest BCUT2D eigenvalue weighted by atomic mass is 16.5. The summed E-state index contributed by atoms with van der Waals surface area (Å²) in [4.78, 5) is 0. The molecule has 0 bridgehead atoms. The van der Waals surface area contributed by atoms with Crippen molar-refractivity contribution in [1.82, 2.24) is 0 Å². The van der Waals surface area contributed by atoms with E-state index in [2.05, 4.69) is 6.92 Å². The van der Waals surface area contributed by atoms with Crippen LogP contribution in [0.25, 0.3) is 0 Å². The van der Waals surface area contributed by atoms with Crippen molar-refractivity contribution >= 4 is 0 Å². The lowest BCUT2D eigenvalue weighted by molar-refractivity contribution is 0.281. The third-order valence-corrected chi connectivity index (χ3v) is 3.06. The minimum Gasteiger partial charge on any atom is -0.457 e. The molecule has 0 saturated carbocycles. The molecule has 2 aromatic rings. The van der Waals surface area contributed by atoms with Crippen LogP contribution in [0.15, 0.2) is 48.5 Å². The molecule has 0 unspecified atom stereocenters. The molecular formula is C16H19NO2. The monoisotopic (exact) mass is 257 g/mol. The first kappa shape index (κ1) is 13.6. The van der Waals surface area contributed by atoms with Gasteiger partial charge in [-0.3, -0.25) is 0 Å². The van der Waals surface area contributed by atoms with E-state index in [1.807, 2.05) is 48.5 Å². The van der Waals surface area contributed by atoms with E-state index in [9.17, 15) is 0 Å². The van der Waals surface area contributed by atoms with E-state index in [4.69, 9.17) is 15.6 Å². The lowest BCUT2D eigenvalue weighted by atomic mass is 10.1. The molecule has 2 rings (SSSR count). The summed E-state index contributed by atoms with van der Waals surface area (Å²) >= 11 is 0. The van der Waals surface area contributed by atoms with E-state index in [1.165, 1.54) is 0 Å². The third kappa shape index (κ3) is 3.56. The Bertz CT molecular complexity index is 523. The Morgan fingerprint density at radius 2 is 1.84 bits per heavy atom. The third-order valence-electron chi connectivity index (χ3n) is 3.06. The second kappa shape index (κ2) is 6.36. The molecule has 3 nitrogen and oxygen atoms in total. The number of hydrogen-bond donors (Lipinski definition) is 2. The summed E-state index contributed by atoms with van der Waals surface area (Å²) in [6.45, 7) is 2.08. The number of benzene rings is 2. The van der Waals surface area contributed by atoms with E-state index >= 15 is 0 Å². The van der Waals surface area contributed by atoms with Crippen molar-refractivity contribution in [3.05, 3.63) is 59.7 Å². The first-order chi connectivity index (χ1) is 9.22. The Morgan fingerprint density at radius 3 is 2.47 bits per heavy atom. The molecule has 0 aliphatic rings. The predicted octanol–water partition coefficient (Wildman–Crippen LogP) is 3.38. The zero-order chi connectivity index (χ0) is 13.7. The Balaban J connectivity index is 2.10. The second-order valence-corrected chi connectivity index (χ2v) is 4.49. The van der Waals surface area contributed by atoms with Crippen LogP contribution >= 0.6 is 0 Å². The first-order valence-electron chi connectivity index (χ1n) is 6.46. The molecule has 2 aromatic carbocycles. The molecule has 0 aromatic heterocycles. The van der Waals surface area contributed by atoms with Gasteiger partial charge in [0.2, 0.25) is 0 Å². The molecular weight excluding hydrogens is 238 g/mol. The fourth-order valence-corrected chi connectivity index (χ4v) is 1.86. The molecule has 0 saturated heterocycles. The fourth-order valence-electron chi connectivity index (χ4n) is 1.86. The summed E-state index contributed by atoms with van der Waals surface area (Å²) in [5.74, 6) is 1.49. The van der Waals surface area contributed by atoms with Gasteiger partial charge in [-0.05, 0) is 41.8 Å². The molecule has 0 aliphatic heterocycles. The number of aliphatic hydroxyl groups is 1. The van der Waals surface area contributed by atoms with Gasteiger partial charge < -0.3 is 15.6 Å². The van der Waals surface area contributed by atoms with Gasteiger partial charge in [0.1, 0.15) is 11.5 Å². The van der Waals surface area contributed by atoms with E-state index in [1.54, 1.807) is 0 Å². The smallest absolute Gasteiger partial charge is 0.127 e. The van der Waals surface area contributed by atoms with Gasteiger partial charge in [-0.2, -0.15) is 0 Å². The van der Waals surface area contributed by atoms with Crippen molar-refractivity contribution in [2.45, 2.75) is 26.0 Å². The van der Waals surface area contributed by atoms with Crippen molar-refractivity contribution < 1.29 is 9.84 Å². The van der Waals surface area contributed by atoms with E-state index < -0.39 is 0 Å². The maximum atomic E-state index is 9.08. The molecule has 0 radical (unpaired) electrons. The van der Waals surface area contributed by atoms with Gasteiger partial charge in [-0.1, -0.05) is 31.2 Å². The molecule has 0 amide bonds. The van der Waals surface area contributed by atoms with E-state index in [-0.39, 0.29) is 12.6 Å². The molecule has 19 heavy (non-hydrogen) atoms. The lowest BCUT2D eigenvalue weighted by Gasteiger charge is -2.11. The first-order valence-corrected chi connectivity index (χ1v) is 6.46. The minimum absolute atomic E-state index is 0.0154. The SMILES string of the molecule is CC[C@H](N)c1ccc(Oc2cccc(CO)c2)cc1. The van der Waals surface area contributed by atoms with Crippen LogP contribution < -0.4 is 10.5 Å². The Hall–Kier alpha value is -1.84. The largest absolute Gasteiger partial charge is 0.457 e. The van der Waals surface area contributed by atoms with Crippen LogP contribution in [0.3, 0.4) is 0 Å². The van der Waals surface area contributed by atoms with E-state index in [0.717, 1.165) is 29.0 Å². The topological polar surface area (TPSA) is 55.5 Å². The van der Waals surface area contributed by atoms with E-state index in [0.29, 0.717) is 0 Å². The molecule has 1 atom stereocenters. The highest BCUT2D eigenvalue weighted by molar-refractivity contribution is 5.35. The number of nitrogens with two attached hydrogens (primary N) is 1. The maximum absolute atomic E-state index is 9.08. The summed E-state index contributed by atoms with van der Waals surface area (Å²) in [5.41, 5.74) is 7.91. The van der Waals surface area contributed by atoms with Crippen molar-refractivity contribution in [2.24, 2.45) is 5.73 Å². The fraction of sp³-hybridized carbons (Fsp3) is 0.250. The zero-order valence-electron chi connectivity index (χ0n) is 11.0. The van der Waals surface area contributed by atoms with Crippen LogP contribution in [-0.4, -0.2) is 5.11 Å². The van der Waals surface area contributed by atoms with Crippen LogP contribution in [0.4, 0.5) is 0 Å². The Labute approximate surface area is 113 Å². The highest BCUT2D eigenvalue weighted by Crippen LogP contribution is 2.24. The molecule has 0 fully saturated rings.